The van der Waals surface area contributed by atoms with Crippen molar-refractivity contribution in [2.75, 3.05) is 0 Å². The van der Waals surface area contributed by atoms with Gasteiger partial charge in [0.15, 0.2) is 0 Å². The molecule has 1 nitrogen and oxygen atoms in total. The average Bonchev–Trinajstić information content (AvgIpc) is 2.33. The molecule has 0 aromatic heterocycles. The van der Waals surface area contributed by atoms with Gasteiger partial charge >= 0.3 is 27.3 Å². The standard InChI is InChI=1S/C12H11P.Fe.OP/c1-3-7-11(8-4-1)13-12-9-5-2-6-10-12;;1-2/h1-10,13H;;/q;+1;-1. The molecule has 0 spiro atoms. The summed E-state index contributed by atoms with van der Waals surface area (Å²) in [6.07, 6.45) is 0. The number of rotatable bonds is 2. The summed E-state index contributed by atoms with van der Waals surface area (Å²) < 4.78 is 8.79. The summed E-state index contributed by atoms with van der Waals surface area (Å²) in [6, 6.07) is 21.2. The summed E-state index contributed by atoms with van der Waals surface area (Å²) in [5.74, 6) is 0. The van der Waals surface area contributed by atoms with Crippen LogP contribution in [-0.2, 0) is 20.1 Å². The third-order valence-corrected chi connectivity index (χ3v) is 3.08. The van der Waals surface area contributed by atoms with Crippen molar-refractivity contribution in [1.82, 2.24) is 0 Å². The first kappa shape index (κ1) is 13.6. The summed E-state index contributed by atoms with van der Waals surface area (Å²) in [5.41, 5.74) is 0. The average molecular weight is 289 g/mol. The molecule has 0 atom stereocenters. The molecule has 4 heteroatoms. The van der Waals surface area contributed by atoms with E-state index in [0.717, 1.165) is 8.58 Å². The summed E-state index contributed by atoms with van der Waals surface area (Å²) in [6.45, 7) is 0. The minimum atomic E-state index is -0.0833. The molecule has 0 aliphatic rings. The first-order valence-corrected chi connectivity index (χ1v) is 7.82. The van der Waals surface area contributed by atoms with E-state index in [2.05, 4.69) is 76.2 Å². The molecule has 0 fully saturated rings. The molecule has 0 aliphatic carbocycles. The minimum Gasteiger partial charge on any atom is -0.0622 e. The van der Waals surface area contributed by atoms with E-state index in [1.54, 1.807) is 0 Å². The van der Waals surface area contributed by atoms with Gasteiger partial charge in [0.05, 0.1) is 0 Å². The molecule has 0 unspecified atom stereocenters. The Morgan fingerprint density at radius 2 is 1.12 bits per heavy atom. The van der Waals surface area contributed by atoms with Gasteiger partial charge in [-0.2, -0.15) is 0 Å². The van der Waals surface area contributed by atoms with Crippen LogP contribution in [-0.4, -0.2) is 0 Å². The summed E-state index contributed by atoms with van der Waals surface area (Å²) in [5, 5.41) is 2.79. The molecule has 0 heterocycles. The van der Waals surface area contributed by atoms with Gasteiger partial charge in [0.1, 0.15) is 0 Å². The van der Waals surface area contributed by atoms with E-state index < -0.39 is 0 Å². The molecule has 0 saturated heterocycles. The van der Waals surface area contributed by atoms with Crippen LogP contribution in [0, 0.1) is 0 Å². The van der Waals surface area contributed by atoms with Gasteiger partial charge in [0, 0.05) is 0 Å². The maximum atomic E-state index is 8.79. The van der Waals surface area contributed by atoms with Crippen LogP contribution in [0.3, 0.4) is 0 Å². The minimum absolute atomic E-state index is 0.0833. The van der Waals surface area contributed by atoms with Crippen molar-refractivity contribution in [1.29, 1.82) is 0 Å². The molecule has 2 rings (SSSR count). The third kappa shape index (κ3) is 5.54. The van der Waals surface area contributed by atoms with Gasteiger partial charge in [-0.05, 0) is 10.6 Å². The third-order valence-electron chi connectivity index (χ3n) is 1.84. The molecule has 0 saturated carbocycles. The van der Waals surface area contributed by atoms with Crippen LogP contribution < -0.4 is 10.6 Å². The SMILES string of the molecule is O=[P][Fe].c1ccc(Pc2ccccc2)cc1. The van der Waals surface area contributed by atoms with E-state index in [1.165, 1.54) is 10.6 Å². The topological polar surface area (TPSA) is 17.1 Å². The Morgan fingerprint density at radius 1 is 0.812 bits per heavy atom. The molecule has 2 aromatic carbocycles. The Labute approximate surface area is 107 Å². The molecule has 0 N–H and O–H groups in total. The molecule has 0 bridgehead atoms. The second-order valence-electron chi connectivity index (χ2n) is 2.92. The van der Waals surface area contributed by atoms with Crippen LogP contribution >= 0.6 is 15.7 Å². The predicted octanol–water partition coefficient (Wildman–Crippen LogP) is 3.06. The molecule has 2 aromatic rings. The normalized spacial score (nSPS) is 9.31. The van der Waals surface area contributed by atoms with Gasteiger partial charge in [-0.3, -0.25) is 0 Å². The maximum absolute atomic E-state index is 8.79. The Morgan fingerprint density at radius 3 is 1.44 bits per heavy atom. The Hall–Kier alpha value is -0.511. The van der Waals surface area contributed by atoms with Gasteiger partial charge in [0.25, 0.3) is 0 Å². The van der Waals surface area contributed by atoms with Gasteiger partial charge in [-0.15, -0.1) is 0 Å². The summed E-state index contributed by atoms with van der Waals surface area (Å²) in [4.78, 5) is 0. The van der Waals surface area contributed by atoms with Crippen LogP contribution in [0.5, 0.6) is 0 Å². The van der Waals surface area contributed by atoms with Crippen molar-refractivity contribution < 1.29 is 20.1 Å². The fourth-order valence-electron chi connectivity index (χ4n) is 1.21. The van der Waals surface area contributed by atoms with Crippen LogP contribution in [0.1, 0.15) is 0 Å². The van der Waals surface area contributed by atoms with Crippen molar-refractivity contribution in [3.63, 3.8) is 0 Å². The molecular formula is C12H11FeOP2. The molecular weight excluding hydrogens is 278 g/mol. The van der Waals surface area contributed by atoms with Crippen molar-refractivity contribution >= 4 is 26.3 Å². The zero-order valence-corrected chi connectivity index (χ0v) is 11.5. The zero-order valence-electron chi connectivity index (χ0n) is 8.48. The molecule has 0 radical (unpaired) electrons. The zero-order chi connectivity index (χ0) is 11.6. The Bertz CT molecular complexity index is 368. The number of hydrogen-bond donors (Lipinski definition) is 0. The predicted molar refractivity (Wildman–Crippen MR) is 68.1 cm³/mol. The quantitative estimate of drug-likeness (QED) is 0.613. The maximum Gasteiger partial charge on any atom is -0.0226 e. The fraction of sp³-hybridized carbons (Fsp3) is 0. The largest absolute Gasteiger partial charge is 0.0622 e. The van der Waals surface area contributed by atoms with E-state index in [0.29, 0.717) is 0 Å². The molecule has 0 aliphatic heterocycles. The number of hydrogen-bond acceptors (Lipinski definition) is 1. The van der Waals surface area contributed by atoms with Crippen molar-refractivity contribution in [2.45, 2.75) is 0 Å². The van der Waals surface area contributed by atoms with E-state index in [9.17, 15) is 0 Å². The van der Waals surface area contributed by atoms with Crippen molar-refractivity contribution in [3.05, 3.63) is 60.7 Å². The monoisotopic (exact) mass is 289 g/mol. The van der Waals surface area contributed by atoms with Gasteiger partial charge in [-0.1, -0.05) is 69.2 Å². The molecule has 0 amide bonds. The van der Waals surface area contributed by atoms with E-state index in [1.807, 2.05) is 0 Å². The van der Waals surface area contributed by atoms with E-state index in [4.69, 9.17) is 4.57 Å². The van der Waals surface area contributed by atoms with Crippen LogP contribution in [0.2, 0.25) is 0 Å². The Kier molecular flexibility index (Phi) is 7.30. The Balaban J connectivity index is 0.000000386. The van der Waals surface area contributed by atoms with Gasteiger partial charge in [-0.25, -0.2) is 0 Å². The second-order valence-corrected chi connectivity index (χ2v) is 5.06. The molecule has 16 heavy (non-hydrogen) atoms. The van der Waals surface area contributed by atoms with Crippen LogP contribution in [0.25, 0.3) is 0 Å². The van der Waals surface area contributed by atoms with E-state index >= 15 is 0 Å². The first-order valence-electron chi connectivity index (χ1n) is 4.66. The molecule has 83 valence electrons. The first-order chi connectivity index (χ1) is 7.86. The van der Waals surface area contributed by atoms with E-state index in [-0.39, 0.29) is 7.15 Å². The fourth-order valence-corrected chi connectivity index (χ4v) is 2.26. The van der Waals surface area contributed by atoms with Crippen molar-refractivity contribution in [3.8, 4) is 0 Å². The van der Waals surface area contributed by atoms with Gasteiger partial charge in [0.2, 0.25) is 0 Å². The van der Waals surface area contributed by atoms with Crippen molar-refractivity contribution in [2.24, 2.45) is 0 Å². The van der Waals surface area contributed by atoms with Crippen LogP contribution in [0.4, 0.5) is 0 Å². The summed E-state index contributed by atoms with van der Waals surface area (Å²) >= 11 is 2.90. The van der Waals surface area contributed by atoms with Crippen LogP contribution in [0.15, 0.2) is 60.7 Å². The smallest absolute Gasteiger partial charge is 0.0226 e. The van der Waals surface area contributed by atoms with Gasteiger partial charge < -0.3 is 0 Å². The number of benzene rings is 2. The summed E-state index contributed by atoms with van der Waals surface area (Å²) in [7, 11) is 0.693. The second kappa shape index (κ2) is 8.62.